The maximum absolute atomic E-state index is 9.89. The van der Waals surface area contributed by atoms with Gasteiger partial charge in [-0.1, -0.05) is 11.7 Å². The Morgan fingerprint density at radius 2 is 1.83 bits per heavy atom. The van der Waals surface area contributed by atoms with Gasteiger partial charge >= 0.3 is 0 Å². The molecule has 0 spiro atoms. The van der Waals surface area contributed by atoms with E-state index >= 15 is 0 Å². The number of rotatable bonds is 1. The second-order valence-electron chi connectivity index (χ2n) is 0.779. The molecule has 0 aromatic carbocycles. The van der Waals surface area contributed by atoms with Crippen LogP contribution in [0.15, 0.2) is 0 Å². The van der Waals surface area contributed by atoms with Crippen LogP contribution in [-0.2, 0) is 8.87 Å². The average Bonchev–Trinajstić information content (AvgIpc) is 1.35. The molecule has 2 nitrogen and oxygen atoms in total. The highest BCUT2D eigenvalue weighted by molar-refractivity contribution is 9.02. The topological polar surface area (TPSA) is 34.1 Å². The van der Waals surface area contributed by atoms with Gasteiger partial charge in [-0.15, -0.1) is 0 Å². The van der Waals surface area contributed by atoms with E-state index in [2.05, 4.69) is 11.7 Å². The van der Waals surface area contributed by atoms with E-state index < -0.39 is 8.87 Å². The van der Waals surface area contributed by atoms with Gasteiger partial charge in [-0.3, -0.25) is 0 Å². The molecule has 0 rings (SSSR count). The molecule has 0 fully saturated rings. The summed E-state index contributed by atoms with van der Waals surface area (Å²) in [6, 6.07) is 0. The molecule has 5 heteroatoms. The minimum absolute atomic E-state index is 0.549. The monoisotopic (exact) mass is 144 g/mol. The Morgan fingerprint density at radius 3 is 1.83 bits per heavy atom. The lowest BCUT2D eigenvalue weighted by atomic mass is 12.0. The van der Waals surface area contributed by atoms with Crippen LogP contribution in [0.25, 0.3) is 0 Å². The van der Waals surface area contributed by atoms with Gasteiger partial charge < -0.3 is 0 Å². The van der Waals surface area contributed by atoms with E-state index in [0.717, 1.165) is 6.26 Å². The summed E-state index contributed by atoms with van der Waals surface area (Å²) in [5, 5.41) is 0. The van der Waals surface area contributed by atoms with Crippen molar-refractivity contribution < 1.29 is 8.42 Å². The molecule has 0 unspecified atom stereocenters. The molecule has 0 saturated heterocycles. The minimum Gasteiger partial charge on any atom is -0.217 e. The van der Waals surface area contributed by atoms with Crippen molar-refractivity contribution in [3.05, 3.63) is 0 Å². The predicted octanol–water partition coefficient (Wildman–Crippen LogP) is 0.524. The third-order valence-corrected chi connectivity index (χ3v) is 3.66. The Balaban J connectivity index is 3.85. The van der Waals surface area contributed by atoms with Crippen LogP contribution >= 0.6 is 21.5 Å². The molecule has 0 aromatic rings. The average molecular weight is 144 g/mol. The maximum atomic E-state index is 9.89. The second-order valence-corrected chi connectivity index (χ2v) is 5.94. The standard InChI is InChI=1S/CH4O2S3/c1-6(2,3)5-4/h4H,1H3. The Morgan fingerprint density at radius 1 is 1.67 bits per heavy atom. The molecular weight excluding hydrogens is 140 g/mol. The SMILES string of the molecule is CS(=O)(=O)SS. The number of hydrogen-bond donors (Lipinski definition) is 1. The minimum atomic E-state index is -2.88. The van der Waals surface area contributed by atoms with E-state index in [1.807, 2.05) is 0 Å². The van der Waals surface area contributed by atoms with E-state index in [0.29, 0.717) is 9.83 Å². The molecule has 0 saturated carbocycles. The molecule has 0 amide bonds. The first kappa shape index (κ1) is 6.65. The smallest absolute Gasteiger partial charge is 0.208 e. The van der Waals surface area contributed by atoms with Crippen LogP contribution in [0.4, 0.5) is 0 Å². The Kier molecular flexibility index (Phi) is 2.31. The molecule has 0 aliphatic rings. The molecule has 0 N–H and O–H groups in total. The van der Waals surface area contributed by atoms with Crippen molar-refractivity contribution in [3.8, 4) is 0 Å². The maximum Gasteiger partial charge on any atom is 0.208 e. The molecule has 0 aliphatic heterocycles. The molecular formula is CH4O2S3. The summed E-state index contributed by atoms with van der Waals surface area (Å²) in [5.74, 6) is 0. The molecule has 6 heavy (non-hydrogen) atoms. The largest absolute Gasteiger partial charge is 0.217 e. The zero-order chi connectivity index (χ0) is 5.21. The van der Waals surface area contributed by atoms with Crippen molar-refractivity contribution in [1.82, 2.24) is 0 Å². The Bertz CT molecular complexity index is 111. The lowest BCUT2D eigenvalue weighted by Crippen LogP contribution is -1.80. The van der Waals surface area contributed by atoms with Crippen LogP contribution in [0.2, 0.25) is 0 Å². The first-order chi connectivity index (χ1) is 2.56. The molecule has 0 radical (unpaired) electrons. The Labute approximate surface area is 45.4 Å². The number of hydrogen-bond acceptors (Lipinski definition) is 4. The molecule has 0 atom stereocenters. The van der Waals surface area contributed by atoms with E-state index in [9.17, 15) is 8.42 Å². The van der Waals surface area contributed by atoms with Gasteiger partial charge in [0.15, 0.2) is 0 Å². The summed E-state index contributed by atoms with van der Waals surface area (Å²) in [5.41, 5.74) is 0. The van der Waals surface area contributed by atoms with Gasteiger partial charge in [0.25, 0.3) is 0 Å². The fourth-order valence-electron chi connectivity index (χ4n) is 0. The van der Waals surface area contributed by atoms with Crippen LogP contribution < -0.4 is 0 Å². The van der Waals surface area contributed by atoms with E-state index in [1.54, 1.807) is 0 Å². The van der Waals surface area contributed by atoms with Gasteiger partial charge in [0, 0.05) is 16.1 Å². The van der Waals surface area contributed by atoms with Gasteiger partial charge in [-0.25, -0.2) is 8.42 Å². The van der Waals surface area contributed by atoms with Gasteiger partial charge in [0.1, 0.15) is 0 Å². The van der Waals surface area contributed by atoms with E-state index in [1.165, 1.54) is 0 Å². The van der Waals surface area contributed by atoms with Crippen molar-refractivity contribution in [3.63, 3.8) is 0 Å². The lowest BCUT2D eigenvalue weighted by Gasteiger charge is -1.79. The lowest BCUT2D eigenvalue weighted by molar-refractivity contribution is 0.616. The zero-order valence-electron chi connectivity index (χ0n) is 3.08. The van der Waals surface area contributed by atoms with E-state index in [4.69, 9.17) is 0 Å². The summed E-state index contributed by atoms with van der Waals surface area (Å²) in [4.78, 5) is 0. The van der Waals surface area contributed by atoms with Gasteiger partial charge in [0.2, 0.25) is 8.87 Å². The normalized spacial score (nSPS) is 11.7. The summed E-state index contributed by atoms with van der Waals surface area (Å²) >= 11 is 3.43. The third kappa shape index (κ3) is 4.65. The number of thiol groups is 1. The van der Waals surface area contributed by atoms with Crippen molar-refractivity contribution in [2.75, 3.05) is 6.26 Å². The molecule has 0 heterocycles. The second kappa shape index (κ2) is 2.09. The van der Waals surface area contributed by atoms with Crippen molar-refractivity contribution in [2.45, 2.75) is 0 Å². The van der Waals surface area contributed by atoms with Crippen LogP contribution in [0.5, 0.6) is 0 Å². The van der Waals surface area contributed by atoms with E-state index in [-0.39, 0.29) is 0 Å². The summed E-state index contributed by atoms with van der Waals surface area (Å²) < 4.78 is 19.8. The van der Waals surface area contributed by atoms with Gasteiger partial charge in [0.05, 0.1) is 0 Å². The predicted molar refractivity (Wildman–Crippen MR) is 31.4 cm³/mol. The van der Waals surface area contributed by atoms with Crippen molar-refractivity contribution in [1.29, 1.82) is 0 Å². The summed E-state index contributed by atoms with van der Waals surface area (Å²) in [6.07, 6.45) is 1.10. The summed E-state index contributed by atoms with van der Waals surface area (Å²) in [7, 11) is -2.33. The van der Waals surface area contributed by atoms with Gasteiger partial charge in [-0.05, 0) is 0 Å². The molecule has 0 bridgehead atoms. The third-order valence-electron chi connectivity index (χ3n) is 0.135. The van der Waals surface area contributed by atoms with Crippen LogP contribution in [-0.4, -0.2) is 14.7 Å². The fraction of sp³-hybridized carbons (Fsp3) is 1.00. The summed E-state index contributed by atoms with van der Waals surface area (Å²) in [6.45, 7) is 0. The van der Waals surface area contributed by atoms with Crippen LogP contribution in [0.3, 0.4) is 0 Å². The highest BCUT2D eigenvalue weighted by Crippen LogP contribution is 2.12. The molecule has 38 valence electrons. The molecule has 0 aromatic heterocycles. The molecule has 0 aliphatic carbocycles. The first-order valence-corrected chi connectivity index (χ1v) is 5.37. The fourth-order valence-corrected chi connectivity index (χ4v) is 0. The van der Waals surface area contributed by atoms with Gasteiger partial charge in [-0.2, -0.15) is 0 Å². The first-order valence-electron chi connectivity index (χ1n) is 1.09. The quantitative estimate of drug-likeness (QED) is 0.430. The van der Waals surface area contributed by atoms with Crippen LogP contribution in [0.1, 0.15) is 0 Å². The highest BCUT2D eigenvalue weighted by atomic mass is 33.5. The van der Waals surface area contributed by atoms with Crippen LogP contribution in [0, 0.1) is 0 Å². The Hall–Kier alpha value is 0.650. The van der Waals surface area contributed by atoms with Crippen molar-refractivity contribution >= 4 is 30.4 Å². The highest BCUT2D eigenvalue weighted by Gasteiger charge is 1.93. The van der Waals surface area contributed by atoms with Crippen molar-refractivity contribution in [2.24, 2.45) is 0 Å². The zero-order valence-corrected chi connectivity index (χ0v) is 5.61.